The molecule has 0 saturated heterocycles. The van der Waals surface area contributed by atoms with E-state index in [0.29, 0.717) is 24.5 Å². The number of halogens is 1. The molecule has 19 heavy (non-hydrogen) atoms. The van der Waals surface area contributed by atoms with Gasteiger partial charge in [-0.2, -0.15) is 0 Å². The van der Waals surface area contributed by atoms with E-state index in [1.165, 1.54) is 6.92 Å². The fourth-order valence-electron chi connectivity index (χ4n) is 1.72. The van der Waals surface area contributed by atoms with E-state index in [4.69, 9.17) is 11.6 Å². The third kappa shape index (κ3) is 6.25. The van der Waals surface area contributed by atoms with Crippen LogP contribution in [0, 0.1) is 0 Å². The standard InChI is InChI=1S/C14H19ClN2O2/c1-10(12-4-3-5-13(15)9-12)8-14(19)17-7-6-16-11(2)18/h3-5,9-10H,6-8H2,1-2H3,(H,16,18)(H,17,19). The number of benzene rings is 1. The Hall–Kier alpha value is -1.55. The van der Waals surface area contributed by atoms with Crippen molar-refractivity contribution in [2.45, 2.75) is 26.2 Å². The molecule has 1 unspecified atom stereocenters. The van der Waals surface area contributed by atoms with Crippen LogP contribution in [-0.2, 0) is 9.59 Å². The average Bonchev–Trinajstić information content (AvgIpc) is 2.34. The van der Waals surface area contributed by atoms with Gasteiger partial charge in [-0.3, -0.25) is 9.59 Å². The topological polar surface area (TPSA) is 58.2 Å². The van der Waals surface area contributed by atoms with Crippen LogP contribution < -0.4 is 10.6 Å². The molecule has 2 amide bonds. The molecule has 0 aliphatic heterocycles. The second-order valence-electron chi connectivity index (χ2n) is 4.49. The van der Waals surface area contributed by atoms with Crippen molar-refractivity contribution in [2.75, 3.05) is 13.1 Å². The van der Waals surface area contributed by atoms with E-state index in [0.717, 1.165) is 5.56 Å². The first-order chi connectivity index (χ1) is 8.99. The molecule has 0 aliphatic carbocycles. The highest BCUT2D eigenvalue weighted by Gasteiger charge is 2.11. The van der Waals surface area contributed by atoms with Crippen LogP contribution in [-0.4, -0.2) is 24.9 Å². The smallest absolute Gasteiger partial charge is 0.220 e. The van der Waals surface area contributed by atoms with Crippen molar-refractivity contribution >= 4 is 23.4 Å². The molecule has 1 rings (SSSR count). The highest BCUT2D eigenvalue weighted by Crippen LogP contribution is 2.21. The maximum atomic E-state index is 11.7. The summed E-state index contributed by atoms with van der Waals surface area (Å²) in [7, 11) is 0. The summed E-state index contributed by atoms with van der Waals surface area (Å²) in [5, 5.41) is 6.07. The van der Waals surface area contributed by atoms with Crippen molar-refractivity contribution in [3.63, 3.8) is 0 Å². The van der Waals surface area contributed by atoms with Gasteiger partial charge in [0, 0.05) is 31.5 Å². The molecule has 0 spiro atoms. The van der Waals surface area contributed by atoms with E-state index in [-0.39, 0.29) is 17.7 Å². The zero-order valence-electron chi connectivity index (χ0n) is 11.2. The summed E-state index contributed by atoms with van der Waals surface area (Å²) in [5.41, 5.74) is 1.05. The van der Waals surface area contributed by atoms with Crippen LogP contribution >= 0.6 is 11.6 Å². The Labute approximate surface area is 118 Å². The number of hydrogen-bond acceptors (Lipinski definition) is 2. The molecule has 0 saturated carbocycles. The van der Waals surface area contributed by atoms with Crippen LogP contribution in [0.1, 0.15) is 31.7 Å². The van der Waals surface area contributed by atoms with Gasteiger partial charge in [0.2, 0.25) is 11.8 Å². The maximum absolute atomic E-state index is 11.7. The Morgan fingerprint density at radius 3 is 2.58 bits per heavy atom. The van der Waals surface area contributed by atoms with E-state index < -0.39 is 0 Å². The molecule has 0 aromatic heterocycles. The summed E-state index contributed by atoms with van der Waals surface area (Å²) >= 11 is 5.92. The van der Waals surface area contributed by atoms with Crippen molar-refractivity contribution < 1.29 is 9.59 Å². The minimum atomic E-state index is -0.0958. The van der Waals surface area contributed by atoms with Crippen molar-refractivity contribution in [1.82, 2.24) is 10.6 Å². The first-order valence-corrected chi connectivity index (χ1v) is 6.63. The van der Waals surface area contributed by atoms with E-state index in [1.807, 2.05) is 31.2 Å². The monoisotopic (exact) mass is 282 g/mol. The molecule has 1 aromatic rings. The van der Waals surface area contributed by atoms with E-state index in [9.17, 15) is 9.59 Å². The van der Waals surface area contributed by atoms with Gasteiger partial charge in [-0.15, -0.1) is 0 Å². The lowest BCUT2D eigenvalue weighted by molar-refractivity contribution is -0.122. The van der Waals surface area contributed by atoms with Gasteiger partial charge in [-0.1, -0.05) is 30.7 Å². The molecule has 0 bridgehead atoms. The molecule has 0 heterocycles. The number of carbonyl (C=O) groups excluding carboxylic acids is 2. The van der Waals surface area contributed by atoms with Crippen molar-refractivity contribution in [1.29, 1.82) is 0 Å². The lowest BCUT2D eigenvalue weighted by Crippen LogP contribution is -2.34. The summed E-state index contributed by atoms with van der Waals surface area (Å²) in [6, 6.07) is 7.52. The molecular formula is C14H19ClN2O2. The van der Waals surface area contributed by atoms with Crippen LogP contribution in [0.15, 0.2) is 24.3 Å². The first-order valence-electron chi connectivity index (χ1n) is 6.25. The summed E-state index contributed by atoms with van der Waals surface area (Å²) < 4.78 is 0. The van der Waals surface area contributed by atoms with Gasteiger partial charge >= 0.3 is 0 Å². The van der Waals surface area contributed by atoms with Crippen molar-refractivity contribution in [2.24, 2.45) is 0 Å². The molecule has 4 nitrogen and oxygen atoms in total. The molecule has 104 valence electrons. The Bertz CT molecular complexity index is 449. The number of amides is 2. The normalized spacial score (nSPS) is 11.7. The highest BCUT2D eigenvalue weighted by molar-refractivity contribution is 6.30. The minimum absolute atomic E-state index is 0.0298. The van der Waals surface area contributed by atoms with Crippen LogP contribution in [0.25, 0.3) is 0 Å². The van der Waals surface area contributed by atoms with Crippen molar-refractivity contribution in [3.05, 3.63) is 34.9 Å². The third-order valence-corrected chi connectivity index (χ3v) is 2.97. The van der Waals surface area contributed by atoms with Crippen LogP contribution in [0.4, 0.5) is 0 Å². The average molecular weight is 283 g/mol. The van der Waals surface area contributed by atoms with Crippen LogP contribution in [0.3, 0.4) is 0 Å². The second kappa shape index (κ2) is 7.79. The predicted molar refractivity (Wildman–Crippen MR) is 76.2 cm³/mol. The van der Waals surface area contributed by atoms with Gasteiger partial charge in [-0.25, -0.2) is 0 Å². The Morgan fingerprint density at radius 2 is 1.95 bits per heavy atom. The third-order valence-electron chi connectivity index (χ3n) is 2.73. The molecule has 1 atom stereocenters. The molecular weight excluding hydrogens is 264 g/mol. The predicted octanol–water partition coefficient (Wildman–Crippen LogP) is 2.09. The fourth-order valence-corrected chi connectivity index (χ4v) is 1.92. The zero-order chi connectivity index (χ0) is 14.3. The van der Waals surface area contributed by atoms with E-state index in [2.05, 4.69) is 10.6 Å². The van der Waals surface area contributed by atoms with E-state index >= 15 is 0 Å². The molecule has 0 radical (unpaired) electrons. The van der Waals surface area contributed by atoms with Gasteiger partial charge in [0.05, 0.1) is 0 Å². The Kier molecular flexibility index (Phi) is 6.36. The van der Waals surface area contributed by atoms with Gasteiger partial charge in [0.25, 0.3) is 0 Å². The lowest BCUT2D eigenvalue weighted by Gasteiger charge is -2.12. The lowest BCUT2D eigenvalue weighted by atomic mass is 9.97. The largest absolute Gasteiger partial charge is 0.355 e. The summed E-state index contributed by atoms with van der Waals surface area (Å²) in [5.74, 6) is -0.0150. The summed E-state index contributed by atoms with van der Waals surface area (Å²) in [6.45, 7) is 4.33. The second-order valence-corrected chi connectivity index (χ2v) is 4.93. The van der Waals surface area contributed by atoms with Gasteiger partial charge < -0.3 is 10.6 Å². The fraction of sp³-hybridized carbons (Fsp3) is 0.429. The minimum Gasteiger partial charge on any atom is -0.355 e. The number of nitrogens with one attached hydrogen (secondary N) is 2. The summed E-state index contributed by atoms with van der Waals surface area (Å²) in [6.07, 6.45) is 0.403. The molecule has 2 N–H and O–H groups in total. The molecule has 1 aromatic carbocycles. The Balaban J connectivity index is 2.34. The van der Waals surface area contributed by atoms with E-state index in [1.54, 1.807) is 0 Å². The van der Waals surface area contributed by atoms with Crippen molar-refractivity contribution in [3.8, 4) is 0 Å². The number of rotatable bonds is 6. The summed E-state index contributed by atoms with van der Waals surface area (Å²) in [4.78, 5) is 22.3. The number of hydrogen-bond donors (Lipinski definition) is 2. The molecule has 5 heteroatoms. The maximum Gasteiger partial charge on any atom is 0.220 e. The number of carbonyl (C=O) groups is 2. The van der Waals surface area contributed by atoms with Gasteiger partial charge in [-0.05, 0) is 23.6 Å². The van der Waals surface area contributed by atoms with Crippen LogP contribution in [0.5, 0.6) is 0 Å². The highest BCUT2D eigenvalue weighted by atomic mass is 35.5. The first kappa shape index (κ1) is 15.5. The SMILES string of the molecule is CC(=O)NCCNC(=O)CC(C)c1cccc(Cl)c1. The van der Waals surface area contributed by atoms with Gasteiger partial charge in [0.15, 0.2) is 0 Å². The Morgan fingerprint density at radius 1 is 1.26 bits per heavy atom. The zero-order valence-corrected chi connectivity index (χ0v) is 12.0. The molecule has 0 fully saturated rings. The molecule has 0 aliphatic rings. The van der Waals surface area contributed by atoms with Gasteiger partial charge in [0.1, 0.15) is 0 Å². The van der Waals surface area contributed by atoms with Crippen LogP contribution in [0.2, 0.25) is 5.02 Å². The quantitative estimate of drug-likeness (QED) is 0.785.